The lowest BCUT2D eigenvalue weighted by Crippen LogP contribution is -2.40. The largest absolute Gasteiger partial charge is 0.392 e. The molecule has 0 aliphatic carbocycles. The molecule has 1 N–H and O–H groups in total. The molecule has 100 valence electrons. The first-order valence-corrected chi connectivity index (χ1v) is 7.76. The van der Waals surface area contributed by atoms with Gasteiger partial charge in [-0.3, -0.25) is 0 Å². The van der Waals surface area contributed by atoms with Crippen LogP contribution in [0.3, 0.4) is 0 Å². The van der Waals surface area contributed by atoms with Gasteiger partial charge in [0.1, 0.15) is 0 Å². The van der Waals surface area contributed by atoms with Crippen LogP contribution in [0.25, 0.3) is 0 Å². The Balaban J connectivity index is 2.39. The minimum Gasteiger partial charge on any atom is -0.392 e. The fourth-order valence-corrected chi connectivity index (χ4v) is 4.15. The Kier molecular flexibility index (Phi) is 4.39. The van der Waals surface area contributed by atoms with Crippen molar-refractivity contribution in [3.8, 4) is 0 Å². The van der Waals surface area contributed by atoms with Gasteiger partial charge in [0.2, 0.25) is 10.0 Å². The number of hydrogen-bond donors (Lipinski definition) is 1. The maximum atomic E-state index is 12.4. The van der Waals surface area contributed by atoms with Gasteiger partial charge in [-0.2, -0.15) is 4.31 Å². The van der Waals surface area contributed by atoms with Crippen molar-refractivity contribution in [1.82, 2.24) is 4.31 Å². The number of aliphatic hydroxyl groups excluding tert-OH is 1. The van der Waals surface area contributed by atoms with E-state index in [1.807, 2.05) is 0 Å². The van der Waals surface area contributed by atoms with Crippen molar-refractivity contribution in [1.29, 1.82) is 0 Å². The van der Waals surface area contributed by atoms with Gasteiger partial charge >= 0.3 is 0 Å². The predicted octanol–water partition coefficient (Wildman–Crippen LogP) is 0.962. The van der Waals surface area contributed by atoms with E-state index in [1.54, 1.807) is 12.1 Å². The Bertz CT molecular complexity index is 526. The van der Waals surface area contributed by atoms with Gasteiger partial charge in [0.25, 0.3) is 0 Å². The number of aliphatic hydroxyl groups is 1. The molecule has 0 unspecified atom stereocenters. The molecular formula is C11H14BrNO4S. The van der Waals surface area contributed by atoms with Gasteiger partial charge in [0.05, 0.1) is 24.7 Å². The van der Waals surface area contributed by atoms with Crippen molar-refractivity contribution in [2.24, 2.45) is 0 Å². The molecule has 1 aromatic carbocycles. The molecule has 0 aromatic heterocycles. The second-order valence-corrected chi connectivity index (χ2v) is 6.70. The van der Waals surface area contributed by atoms with E-state index in [0.717, 1.165) is 0 Å². The summed E-state index contributed by atoms with van der Waals surface area (Å²) in [5.41, 5.74) is 0.574. The lowest BCUT2D eigenvalue weighted by molar-refractivity contribution is 0.0730. The summed E-state index contributed by atoms with van der Waals surface area (Å²) in [4.78, 5) is 0.191. The molecule has 5 nitrogen and oxygen atoms in total. The van der Waals surface area contributed by atoms with E-state index in [1.165, 1.54) is 10.4 Å². The van der Waals surface area contributed by atoms with Crippen LogP contribution in [-0.4, -0.2) is 44.1 Å². The second kappa shape index (κ2) is 5.66. The molecule has 1 aromatic rings. The summed E-state index contributed by atoms with van der Waals surface area (Å²) in [5, 5.41) is 9.09. The van der Waals surface area contributed by atoms with Gasteiger partial charge in [-0.25, -0.2) is 8.42 Å². The predicted molar refractivity (Wildman–Crippen MR) is 69.6 cm³/mol. The van der Waals surface area contributed by atoms with Gasteiger partial charge in [-0.15, -0.1) is 0 Å². The normalized spacial score (nSPS) is 17.9. The average Bonchev–Trinajstić information content (AvgIpc) is 2.40. The number of morpholine rings is 1. The van der Waals surface area contributed by atoms with Gasteiger partial charge in [-0.05, 0) is 33.6 Å². The number of benzene rings is 1. The van der Waals surface area contributed by atoms with Gasteiger partial charge < -0.3 is 9.84 Å². The zero-order chi connectivity index (χ0) is 13.2. The van der Waals surface area contributed by atoms with Crippen LogP contribution in [0.15, 0.2) is 27.6 Å². The summed E-state index contributed by atoms with van der Waals surface area (Å²) in [6.07, 6.45) is 0. The number of ether oxygens (including phenoxy) is 1. The van der Waals surface area contributed by atoms with Crippen molar-refractivity contribution >= 4 is 26.0 Å². The van der Waals surface area contributed by atoms with Crippen molar-refractivity contribution < 1.29 is 18.3 Å². The summed E-state index contributed by atoms with van der Waals surface area (Å²) in [7, 11) is -3.53. The van der Waals surface area contributed by atoms with Crippen LogP contribution in [0.1, 0.15) is 5.56 Å². The Morgan fingerprint density at radius 3 is 2.61 bits per heavy atom. The van der Waals surface area contributed by atoms with Gasteiger partial charge in [0, 0.05) is 17.6 Å². The monoisotopic (exact) mass is 335 g/mol. The van der Waals surface area contributed by atoms with E-state index in [-0.39, 0.29) is 11.5 Å². The van der Waals surface area contributed by atoms with Crippen LogP contribution in [0, 0.1) is 0 Å². The summed E-state index contributed by atoms with van der Waals surface area (Å²) >= 11 is 3.24. The Morgan fingerprint density at radius 2 is 2.00 bits per heavy atom. The summed E-state index contributed by atoms with van der Waals surface area (Å²) < 4.78 is 31.9. The Morgan fingerprint density at radius 1 is 1.33 bits per heavy atom. The number of sulfonamides is 1. The van der Waals surface area contributed by atoms with Crippen LogP contribution < -0.4 is 0 Å². The third-order valence-electron chi connectivity index (χ3n) is 2.77. The lowest BCUT2D eigenvalue weighted by atomic mass is 10.2. The summed E-state index contributed by atoms with van der Waals surface area (Å²) in [5.74, 6) is 0. The summed E-state index contributed by atoms with van der Waals surface area (Å²) in [6.45, 7) is 1.36. The van der Waals surface area contributed by atoms with Crippen LogP contribution in [-0.2, 0) is 21.4 Å². The smallest absolute Gasteiger partial charge is 0.244 e. The van der Waals surface area contributed by atoms with E-state index in [2.05, 4.69) is 15.9 Å². The number of halogens is 1. The molecule has 2 rings (SSSR count). The molecule has 0 atom stereocenters. The van der Waals surface area contributed by atoms with E-state index in [4.69, 9.17) is 9.84 Å². The van der Waals surface area contributed by atoms with Crippen molar-refractivity contribution in [3.63, 3.8) is 0 Å². The van der Waals surface area contributed by atoms with E-state index >= 15 is 0 Å². The van der Waals surface area contributed by atoms with Crippen LogP contribution in [0.2, 0.25) is 0 Å². The molecule has 0 saturated carbocycles. The SMILES string of the molecule is O=S(=O)(c1cc(CO)ccc1Br)N1CCOCC1. The molecule has 1 saturated heterocycles. The molecule has 0 spiro atoms. The minimum atomic E-state index is -3.53. The maximum Gasteiger partial charge on any atom is 0.244 e. The minimum absolute atomic E-state index is 0.182. The van der Waals surface area contributed by atoms with E-state index in [0.29, 0.717) is 36.3 Å². The number of nitrogens with zero attached hydrogens (tertiary/aromatic N) is 1. The molecule has 1 aliphatic heterocycles. The molecule has 1 fully saturated rings. The Hall–Kier alpha value is -0.470. The highest BCUT2D eigenvalue weighted by atomic mass is 79.9. The number of rotatable bonds is 3. The Labute approximate surface area is 115 Å². The zero-order valence-corrected chi connectivity index (χ0v) is 12.1. The first kappa shape index (κ1) is 14.0. The maximum absolute atomic E-state index is 12.4. The van der Waals surface area contributed by atoms with Crippen molar-refractivity contribution in [3.05, 3.63) is 28.2 Å². The summed E-state index contributed by atoms with van der Waals surface area (Å²) in [6, 6.07) is 4.82. The third kappa shape index (κ3) is 2.75. The zero-order valence-electron chi connectivity index (χ0n) is 9.67. The highest BCUT2D eigenvalue weighted by Crippen LogP contribution is 2.26. The van der Waals surface area contributed by atoms with Crippen LogP contribution >= 0.6 is 15.9 Å². The third-order valence-corrected chi connectivity index (χ3v) is 5.66. The van der Waals surface area contributed by atoms with E-state index in [9.17, 15) is 8.42 Å². The van der Waals surface area contributed by atoms with Gasteiger partial charge in [-0.1, -0.05) is 6.07 Å². The standard InChI is InChI=1S/C11H14BrNO4S/c12-10-2-1-9(8-14)7-11(10)18(15,16)13-3-5-17-6-4-13/h1-2,7,14H,3-6,8H2. The highest BCUT2D eigenvalue weighted by molar-refractivity contribution is 9.10. The molecule has 18 heavy (non-hydrogen) atoms. The second-order valence-electron chi connectivity index (χ2n) is 3.94. The van der Waals surface area contributed by atoms with Crippen molar-refractivity contribution in [2.75, 3.05) is 26.3 Å². The molecule has 7 heteroatoms. The topological polar surface area (TPSA) is 66.8 Å². The fourth-order valence-electron chi connectivity index (χ4n) is 1.77. The molecule has 0 amide bonds. The molecule has 1 heterocycles. The molecule has 0 bridgehead atoms. The van der Waals surface area contributed by atoms with Crippen LogP contribution in [0.4, 0.5) is 0 Å². The van der Waals surface area contributed by atoms with Crippen LogP contribution in [0.5, 0.6) is 0 Å². The van der Waals surface area contributed by atoms with Gasteiger partial charge in [0.15, 0.2) is 0 Å². The fraction of sp³-hybridized carbons (Fsp3) is 0.455. The first-order chi connectivity index (χ1) is 8.55. The first-order valence-electron chi connectivity index (χ1n) is 5.53. The quantitative estimate of drug-likeness (QED) is 0.893. The molecule has 0 radical (unpaired) electrons. The molecule has 1 aliphatic rings. The number of hydrogen-bond acceptors (Lipinski definition) is 4. The van der Waals surface area contributed by atoms with E-state index < -0.39 is 10.0 Å². The molecular weight excluding hydrogens is 322 g/mol. The highest BCUT2D eigenvalue weighted by Gasteiger charge is 2.28. The van der Waals surface area contributed by atoms with Crippen molar-refractivity contribution in [2.45, 2.75) is 11.5 Å². The lowest BCUT2D eigenvalue weighted by Gasteiger charge is -2.26. The average molecular weight is 336 g/mol.